The van der Waals surface area contributed by atoms with Crippen LogP contribution in [0.1, 0.15) is 46.4 Å². The molecule has 0 heterocycles. The first kappa shape index (κ1) is 18.6. The fourth-order valence-corrected chi connectivity index (χ4v) is 4.61. The lowest BCUT2D eigenvalue weighted by atomic mass is 10.0. The van der Waals surface area contributed by atoms with Gasteiger partial charge < -0.3 is 4.90 Å². The molecule has 0 saturated carbocycles. The molecular formula is C20H24N2O3S. The van der Waals surface area contributed by atoms with Crippen molar-refractivity contribution >= 4 is 15.9 Å². The van der Waals surface area contributed by atoms with Crippen LogP contribution in [-0.4, -0.2) is 32.8 Å². The summed E-state index contributed by atoms with van der Waals surface area (Å²) in [6.07, 6.45) is 1.84. The predicted octanol–water partition coefficient (Wildman–Crippen LogP) is 3.05. The van der Waals surface area contributed by atoms with Gasteiger partial charge in [-0.2, -0.15) is 0 Å². The lowest BCUT2D eigenvalue weighted by Gasteiger charge is -2.26. The molecule has 26 heavy (non-hydrogen) atoms. The van der Waals surface area contributed by atoms with Gasteiger partial charge in [-0.15, -0.1) is 0 Å². The van der Waals surface area contributed by atoms with E-state index in [-0.39, 0.29) is 16.8 Å². The van der Waals surface area contributed by atoms with Gasteiger partial charge in [-0.25, -0.2) is 13.1 Å². The van der Waals surface area contributed by atoms with Gasteiger partial charge in [0.2, 0.25) is 10.0 Å². The highest BCUT2D eigenvalue weighted by Gasteiger charge is 2.30. The number of nitrogens with zero attached hydrogens (tertiary/aromatic N) is 1. The molecule has 0 aromatic heterocycles. The summed E-state index contributed by atoms with van der Waals surface area (Å²) in [5, 5.41) is 0. The monoisotopic (exact) mass is 372 g/mol. The first-order chi connectivity index (χ1) is 12.3. The Morgan fingerprint density at radius 3 is 2.69 bits per heavy atom. The summed E-state index contributed by atoms with van der Waals surface area (Å²) in [4.78, 5) is 15.0. The third-order valence-corrected chi connectivity index (χ3v) is 6.52. The van der Waals surface area contributed by atoms with E-state index < -0.39 is 10.0 Å². The van der Waals surface area contributed by atoms with Crippen LogP contribution < -0.4 is 4.72 Å². The largest absolute Gasteiger partial charge is 0.335 e. The van der Waals surface area contributed by atoms with E-state index in [2.05, 4.69) is 16.9 Å². The molecule has 1 aliphatic rings. The van der Waals surface area contributed by atoms with Gasteiger partial charge in [0.1, 0.15) is 0 Å². The summed E-state index contributed by atoms with van der Waals surface area (Å²) in [6.45, 7) is 3.86. The maximum absolute atomic E-state index is 13.1. The molecule has 0 unspecified atom stereocenters. The molecule has 1 atom stereocenters. The number of sulfonamides is 1. The molecule has 5 nitrogen and oxygen atoms in total. The Morgan fingerprint density at radius 1 is 1.23 bits per heavy atom. The van der Waals surface area contributed by atoms with Gasteiger partial charge in [-0.05, 0) is 48.6 Å². The van der Waals surface area contributed by atoms with Gasteiger partial charge in [-0.1, -0.05) is 37.3 Å². The van der Waals surface area contributed by atoms with Gasteiger partial charge in [0.05, 0.1) is 10.9 Å². The fourth-order valence-electron chi connectivity index (χ4n) is 3.54. The molecule has 138 valence electrons. The maximum Gasteiger partial charge on any atom is 0.254 e. The average Bonchev–Trinajstić information content (AvgIpc) is 3.04. The highest BCUT2D eigenvalue weighted by molar-refractivity contribution is 7.89. The molecule has 0 radical (unpaired) electrons. The SMILES string of the molecule is CCNS(=O)(=O)c1ccc(C)c(C(=O)N(C)[C@@H]2CCc3ccccc32)c1. The quantitative estimate of drug-likeness (QED) is 0.877. The number of carbonyl (C=O) groups excluding carboxylic acids is 1. The second-order valence-corrected chi connectivity index (χ2v) is 8.41. The van der Waals surface area contributed by atoms with Crippen molar-refractivity contribution in [2.45, 2.75) is 37.6 Å². The Morgan fingerprint density at radius 2 is 1.96 bits per heavy atom. The molecule has 6 heteroatoms. The topological polar surface area (TPSA) is 66.5 Å². The van der Waals surface area contributed by atoms with E-state index in [4.69, 9.17) is 0 Å². The van der Waals surface area contributed by atoms with E-state index in [1.54, 1.807) is 24.9 Å². The molecule has 0 spiro atoms. The Labute approximate surface area is 155 Å². The van der Waals surface area contributed by atoms with Crippen LogP contribution in [0.15, 0.2) is 47.4 Å². The number of amides is 1. The highest BCUT2D eigenvalue weighted by Crippen LogP contribution is 2.35. The second kappa shape index (κ2) is 7.21. The Balaban J connectivity index is 1.93. The number of hydrogen-bond donors (Lipinski definition) is 1. The normalized spacial score (nSPS) is 16.3. The van der Waals surface area contributed by atoms with Gasteiger partial charge in [0, 0.05) is 19.2 Å². The van der Waals surface area contributed by atoms with Gasteiger partial charge >= 0.3 is 0 Å². The van der Waals surface area contributed by atoms with Crippen LogP contribution in [0.5, 0.6) is 0 Å². The van der Waals surface area contributed by atoms with E-state index in [0.29, 0.717) is 12.1 Å². The zero-order valence-corrected chi connectivity index (χ0v) is 16.1. The third-order valence-electron chi connectivity index (χ3n) is 4.97. The van der Waals surface area contributed by atoms with Crippen LogP contribution >= 0.6 is 0 Å². The first-order valence-electron chi connectivity index (χ1n) is 8.80. The minimum atomic E-state index is -3.60. The van der Waals surface area contributed by atoms with Crippen LogP contribution in [-0.2, 0) is 16.4 Å². The van der Waals surface area contributed by atoms with Crippen molar-refractivity contribution in [3.63, 3.8) is 0 Å². The Bertz CT molecular complexity index is 938. The van der Waals surface area contributed by atoms with Crippen LogP contribution in [0.3, 0.4) is 0 Å². The number of carbonyl (C=O) groups is 1. The van der Waals surface area contributed by atoms with E-state index >= 15 is 0 Å². The molecule has 1 amide bonds. The second-order valence-electron chi connectivity index (χ2n) is 6.65. The lowest BCUT2D eigenvalue weighted by molar-refractivity contribution is 0.0729. The van der Waals surface area contributed by atoms with Crippen molar-refractivity contribution in [3.05, 3.63) is 64.7 Å². The summed E-state index contributed by atoms with van der Waals surface area (Å²) in [7, 11) is -1.81. The maximum atomic E-state index is 13.1. The standard InChI is InChI=1S/C20H24N2O3S/c1-4-21-26(24,25)16-11-9-14(2)18(13-16)20(23)22(3)19-12-10-15-7-5-6-8-17(15)19/h5-9,11,13,19,21H,4,10,12H2,1-3H3/t19-/m1/s1. The van der Waals surface area contributed by atoms with Crippen LogP contribution in [0, 0.1) is 6.92 Å². The van der Waals surface area contributed by atoms with E-state index in [0.717, 1.165) is 18.4 Å². The molecule has 0 bridgehead atoms. The average molecular weight is 372 g/mol. The molecule has 1 aliphatic carbocycles. The minimum Gasteiger partial charge on any atom is -0.335 e. The number of hydrogen-bond acceptors (Lipinski definition) is 3. The molecule has 3 rings (SSSR count). The van der Waals surface area contributed by atoms with Gasteiger partial charge in [-0.3, -0.25) is 4.79 Å². The van der Waals surface area contributed by atoms with Gasteiger partial charge in [0.25, 0.3) is 5.91 Å². The number of fused-ring (bicyclic) bond motifs is 1. The lowest BCUT2D eigenvalue weighted by Crippen LogP contribution is -2.31. The molecule has 2 aromatic rings. The van der Waals surface area contributed by atoms with Crippen molar-refractivity contribution < 1.29 is 13.2 Å². The summed E-state index contributed by atoms with van der Waals surface area (Å²) in [6, 6.07) is 12.9. The van der Waals surface area contributed by atoms with Crippen molar-refractivity contribution in [1.29, 1.82) is 0 Å². The fraction of sp³-hybridized carbons (Fsp3) is 0.350. The molecule has 1 N–H and O–H groups in total. The summed E-state index contributed by atoms with van der Waals surface area (Å²) in [5.74, 6) is -0.155. The van der Waals surface area contributed by atoms with E-state index in [1.165, 1.54) is 23.3 Å². The third kappa shape index (κ3) is 3.39. The summed E-state index contributed by atoms with van der Waals surface area (Å²) >= 11 is 0. The Hall–Kier alpha value is -2.18. The molecule has 0 saturated heterocycles. The number of nitrogens with one attached hydrogen (secondary N) is 1. The zero-order valence-electron chi connectivity index (χ0n) is 15.3. The van der Waals surface area contributed by atoms with E-state index in [9.17, 15) is 13.2 Å². The first-order valence-corrected chi connectivity index (χ1v) is 10.3. The molecular weight excluding hydrogens is 348 g/mol. The van der Waals surface area contributed by atoms with Crippen molar-refractivity contribution in [1.82, 2.24) is 9.62 Å². The van der Waals surface area contributed by atoms with Crippen molar-refractivity contribution in [2.24, 2.45) is 0 Å². The molecule has 0 aliphatic heterocycles. The molecule has 0 fully saturated rings. The van der Waals surface area contributed by atoms with Crippen molar-refractivity contribution in [2.75, 3.05) is 13.6 Å². The Kier molecular flexibility index (Phi) is 5.16. The number of rotatable bonds is 5. The number of benzene rings is 2. The smallest absolute Gasteiger partial charge is 0.254 e. The van der Waals surface area contributed by atoms with Crippen LogP contribution in [0.25, 0.3) is 0 Å². The van der Waals surface area contributed by atoms with Crippen molar-refractivity contribution in [3.8, 4) is 0 Å². The van der Waals surface area contributed by atoms with Gasteiger partial charge in [0.15, 0.2) is 0 Å². The zero-order chi connectivity index (χ0) is 18.9. The summed E-state index contributed by atoms with van der Waals surface area (Å²) < 4.78 is 27.0. The predicted molar refractivity (Wildman–Crippen MR) is 102 cm³/mol. The highest BCUT2D eigenvalue weighted by atomic mass is 32.2. The van der Waals surface area contributed by atoms with Crippen LogP contribution in [0.4, 0.5) is 0 Å². The molecule has 2 aromatic carbocycles. The van der Waals surface area contributed by atoms with Crippen LogP contribution in [0.2, 0.25) is 0 Å². The summed E-state index contributed by atoms with van der Waals surface area (Å²) in [5.41, 5.74) is 3.65. The number of aryl methyl sites for hydroxylation is 2. The van der Waals surface area contributed by atoms with E-state index in [1.807, 2.05) is 19.1 Å². The minimum absolute atomic E-state index is 0.0205.